The fourth-order valence-corrected chi connectivity index (χ4v) is 1.63. The molecule has 0 saturated carbocycles. The van der Waals surface area contributed by atoms with Gasteiger partial charge in [0.2, 0.25) is 0 Å². The second-order valence-corrected chi connectivity index (χ2v) is 3.88. The number of alkyl halides is 3. The van der Waals surface area contributed by atoms with Crippen LogP contribution in [0, 0.1) is 0 Å². The molecule has 1 heterocycles. The number of hydrogen-bond donors (Lipinski definition) is 1. The summed E-state index contributed by atoms with van der Waals surface area (Å²) in [7, 11) is 1.67. The lowest BCUT2D eigenvalue weighted by Gasteiger charge is -2.13. The van der Waals surface area contributed by atoms with Crippen molar-refractivity contribution in [3.63, 3.8) is 0 Å². The van der Waals surface area contributed by atoms with Gasteiger partial charge in [0.25, 0.3) is 0 Å². The van der Waals surface area contributed by atoms with E-state index in [2.05, 4.69) is 10.3 Å². The van der Waals surface area contributed by atoms with Crippen LogP contribution < -0.4 is 5.73 Å². The van der Waals surface area contributed by atoms with Crippen molar-refractivity contribution in [2.45, 2.75) is 12.2 Å². The first-order valence-corrected chi connectivity index (χ1v) is 5.17. The molecule has 0 fully saturated rings. The third-order valence-electron chi connectivity index (χ3n) is 2.67. The highest BCUT2D eigenvalue weighted by Gasteiger charge is 2.30. The van der Waals surface area contributed by atoms with E-state index in [1.165, 1.54) is 23.0 Å². The van der Waals surface area contributed by atoms with Crippen LogP contribution in [-0.4, -0.2) is 15.0 Å². The van der Waals surface area contributed by atoms with Gasteiger partial charge in [-0.05, 0) is 17.7 Å². The number of aromatic nitrogens is 3. The lowest BCUT2D eigenvalue weighted by molar-refractivity contribution is -0.137. The van der Waals surface area contributed by atoms with Gasteiger partial charge in [-0.2, -0.15) is 13.2 Å². The van der Waals surface area contributed by atoms with E-state index < -0.39 is 17.8 Å². The molecule has 2 N–H and O–H groups in total. The Bertz CT molecular complexity index is 530. The van der Waals surface area contributed by atoms with Crippen LogP contribution in [-0.2, 0) is 13.2 Å². The van der Waals surface area contributed by atoms with Crippen LogP contribution in [0.2, 0.25) is 0 Å². The summed E-state index contributed by atoms with van der Waals surface area (Å²) in [5.41, 5.74) is 6.46. The van der Waals surface area contributed by atoms with E-state index >= 15 is 0 Å². The quantitative estimate of drug-likeness (QED) is 0.892. The van der Waals surface area contributed by atoms with E-state index in [4.69, 9.17) is 5.73 Å². The molecule has 4 nitrogen and oxygen atoms in total. The number of aryl methyl sites for hydroxylation is 1. The zero-order valence-electron chi connectivity index (χ0n) is 9.52. The van der Waals surface area contributed by atoms with Crippen LogP contribution in [0.3, 0.4) is 0 Å². The first-order chi connectivity index (χ1) is 8.39. The Kier molecular flexibility index (Phi) is 3.08. The molecule has 0 spiro atoms. The third-order valence-corrected chi connectivity index (χ3v) is 2.67. The molecule has 1 aromatic heterocycles. The van der Waals surface area contributed by atoms with Crippen LogP contribution in [0.25, 0.3) is 0 Å². The number of hydrogen-bond acceptors (Lipinski definition) is 3. The maximum atomic E-state index is 12.4. The molecular formula is C11H11F3N4. The summed E-state index contributed by atoms with van der Waals surface area (Å²) in [6.45, 7) is 0. The van der Waals surface area contributed by atoms with Crippen LogP contribution >= 0.6 is 0 Å². The van der Waals surface area contributed by atoms with Gasteiger partial charge in [0.1, 0.15) is 0 Å². The molecule has 2 rings (SSSR count). The van der Waals surface area contributed by atoms with Gasteiger partial charge in [-0.15, -0.1) is 5.10 Å². The molecule has 0 saturated heterocycles. The molecule has 0 bridgehead atoms. The standard InChI is InChI=1S/C11H11F3N4/c1-18-9(6-16-17-18)10(15)7-2-4-8(5-3-7)11(12,13)14/h2-6,10H,15H2,1H3. The molecule has 0 aliphatic rings. The molecule has 2 aromatic rings. The van der Waals surface area contributed by atoms with E-state index in [0.29, 0.717) is 11.3 Å². The zero-order valence-corrected chi connectivity index (χ0v) is 9.52. The topological polar surface area (TPSA) is 56.7 Å². The maximum Gasteiger partial charge on any atom is 0.416 e. The van der Waals surface area contributed by atoms with Crippen LogP contribution in [0.1, 0.15) is 22.9 Å². The monoisotopic (exact) mass is 256 g/mol. The summed E-state index contributed by atoms with van der Waals surface area (Å²) in [5.74, 6) is 0. The highest BCUT2D eigenvalue weighted by molar-refractivity contribution is 5.30. The Morgan fingerprint density at radius 1 is 1.22 bits per heavy atom. The number of halogens is 3. The van der Waals surface area contributed by atoms with Gasteiger partial charge in [0.15, 0.2) is 0 Å². The number of benzene rings is 1. The van der Waals surface area contributed by atoms with Gasteiger partial charge in [-0.25, -0.2) is 0 Å². The van der Waals surface area contributed by atoms with Gasteiger partial charge in [-0.3, -0.25) is 4.68 Å². The SMILES string of the molecule is Cn1nncc1C(N)c1ccc(C(F)(F)F)cc1. The molecule has 0 aliphatic carbocycles. The average Bonchev–Trinajstić information content (AvgIpc) is 2.73. The predicted molar refractivity (Wildman–Crippen MR) is 58.5 cm³/mol. The molecule has 1 atom stereocenters. The fraction of sp³-hybridized carbons (Fsp3) is 0.273. The second-order valence-electron chi connectivity index (χ2n) is 3.88. The maximum absolute atomic E-state index is 12.4. The molecule has 0 radical (unpaired) electrons. The minimum absolute atomic E-state index is 0.549. The van der Waals surface area contributed by atoms with Crippen molar-refractivity contribution in [1.29, 1.82) is 0 Å². The van der Waals surface area contributed by atoms with E-state index in [0.717, 1.165) is 12.1 Å². The van der Waals surface area contributed by atoms with Crippen molar-refractivity contribution in [3.8, 4) is 0 Å². The van der Waals surface area contributed by atoms with Crippen molar-refractivity contribution in [2.24, 2.45) is 12.8 Å². The van der Waals surface area contributed by atoms with E-state index in [1.807, 2.05) is 0 Å². The fourth-order valence-electron chi connectivity index (χ4n) is 1.63. The van der Waals surface area contributed by atoms with E-state index in [1.54, 1.807) is 7.05 Å². The number of rotatable bonds is 2. The third kappa shape index (κ3) is 2.35. The molecule has 96 valence electrons. The van der Waals surface area contributed by atoms with Crippen LogP contribution in [0.5, 0.6) is 0 Å². The summed E-state index contributed by atoms with van der Waals surface area (Å²) in [6.07, 6.45) is -2.85. The average molecular weight is 256 g/mol. The Balaban J connectivity index is 2.28. The van der Waals surface area contributed by atoms with Gasteiger partial charge < -0.3 is 5.73 Å². The molecule has 18 heavy (non-hydrogen) atoms. The zero-order chi connectivity index (χ0) is 13.3. The van der Waals surface area contributed by atoms with Crippen LogP contribution in [0.4, 0.5) is 13.2 Å². The van der Waals surface area contributed by atoms with Crippen molar-refractivity contribution >= 4 is 0 Å². The van der Waals surface area contributed by atoms with E-state index in [9.17, 15) is 13.2 Å². The minimum Gasteiger partial charge on any atom is -0.319 e. The summed E-state index contributed by atoms with van der Waals surface area (Å²) in [5, 5.41) is 7.40. The van der Waals surface area contributed by atoms with Gasteiger partial charge in [0.05, 0.1) is 23.5 Å². The molecule has 7 heteroatoms. The van der Waals surface area contributed by atoms with Crippen LogP contribution in [0.15, 0.2) is 30.5 Å². The van der Waals surface area contributed by atoms with E-state index in [-0.39, 0.29) is 0 Å². The van der Waals surface area contributed by atoms with Crippen molar-refractivity contribution < 1.29 is 13.2 Å². The molecule has 0 amide bonds. The summed E-state index contributed by atoms with van der Waals surface area (Å²) in [6, 6.07) is 4.20. The van der Waals surface area contributed by atoms with Gasteiger partial charge >= 0.3 is 6.18 Å². The van der Waals surface area contributed by atoms with Crippen molar-refractivity contribution in [1.82, 2.24) is 15.0 Å². The molecule has 0 aliphatic heterocycles. The Hall–Kier alpha value is -1.89. The summed E-state index contributed by atoms with van der Waals surface area (Å²) < 4.78 is 38.7. The smallest absolute Gasteiger partial charge is 0.319 e. The second kappa shape index (κ2) is 4.41. The molecular weight excluding hydrogens is 245 g/mol. The molecule has 1 aromatic carbocycles. The number of nitrogens with zero attached hydrogens (tertiary/aromatic N) is 3. The highest BCUT2D eigenvalue weighted by atomic mass is 19.4. The van der Waals surface area contributed by atoms with Crippen molar-refractivity contribution in [2.75, 3.05) is 0 Å². The molecule has 1 unspecified atom stereocenters. The van der Waals surface area contributed by atoms with Gasteiger partial charge in [-0.1, -0.05) is 17.3 Å². The lowest BCUT2D eigenvalue weighted by Crippen LogP contribution is -2.16. The first kappa shape index (κ1) is 12.6. The van der Waals surface area contributed by atoms with Crippen molar-refractivity contribution in [3.05, 3.63) is 47.3 Å². The lowest BCUT2D eigenvalue weighted by atomic mass is 10.0. The predicted octanol–water partition coefficient (Wildman–Crippen LogP) is 1.88. The Morgan fingerprint density at radius 2 is 1.83 bits per heavy atom. The summed E-state index contributed by atoms with van der Waals surface area (Å²) >= 11 is 0. The normalized spacial score (nSPS) is 13.6. The summed E-state index contributed by atoms with van der Waals surface area (Å²) in [4.78, 5) is 0. The van der Waals surface area contributed by atoms with Gasteiger partial charge in [0, 0.05) is 7.05 Å². The Morgan fingerprint density at radius 3 is 2.28 bits per heavy atom. The first-order valence-electron chi connectivity index (χ1n) is 5.17. The number of nitrogens with two attached hydrogens (primary N) is 1. The largest absolute Gasteiger partial charge is 0.416 e. The highest BCUT2D eigenvalue weighted by Crippen LogP contribution is 2.30. The minimum atomic E-state index is -4.34. The Labute approximate surface area is 101 Å².